The molecule has 1 aromatic carbocycles. The molecule has 6 heteroatoms. The number of nitriles is 1. The topological polar surface area (TPSA) is 79.2 Å². The molecular formula is C14H17BN2O3. The van der Waals surface area contributed by atoms with Crippen LogP contribution in [0.15, 0.2) is 24.3 Å². The SMILES string of the molecule is COC(=O)[C@H](Cc1cccc(C#N)c1)C(C)NCB=O. The molecule has 0 saturated carbocycles. The Morgan fingerprint density at radius 2 is 2.30 bits per heavy atom. The van der Waals surface area contributed by atoms with Crippen molar-refractivity contribution >= 4 is 13.1 Å². The van der Waals surface area contributed by atoms with Gasteiger partial charge >= 0.3 is 118 Å². The Balaban J connectivity index is 2.86. The molecule has 1 rings (SSSR count). The van der Waals surface area contributed by atoms with Crippen LogP contribution >= 0.6 is 0 Å². The van der Waals surface area contributed by atoms with Crippen LogP contribution in [0.25, 0.3) is 0 Å². The second-order valence-electron chi connectivity index (χ2n) is 4.51. The van der Waals surface area contributed by atoms with E-state index in [4.69, 9.17) is 10.00 Å². The average molecular weight is 272 g/mol. The van der Waals surface area contributed by atoms with E-state index in [1.165, 1.54) is 7.11 Å². The van der Waals surface area contributed by atoms with E-state index in [1.807, 2.05) is 13.0 Å². The number of benzene rings is 1. The monoisotopic (exact) mass is 272 g/mol. The summed E-state index contributed by atoms with van der Waals surface area (Å²) in [6.45, 7) is 1.83. The molecule has 0 amide bonds. The number of esters is 1. The van der Waals surface area contributed by atoms with Crippen molar-refractivity contribution in [1.82, 2.24) is 5.32 Å². The second-order valence-corrected chi connectivity index (χ2v) is 4.51. The van der Waals surface area contributed by atoms with Gasteiger partial charge in [0.05, 0.1) is 0 Å². The Bertz CT molecular complexity index is 513. The molecule has 0 saturated heterocycles. The van der Waals surface area contributed by atoms with Crippen LogP contribution in [0.5, 0.6) is 0 Å². The third-order valence-corrected chi connectivity index (χ3v) is 3.14. The summed E-state index contributed by atoms with van der Waals surface area (Å²) in [5, 5.41) is 11.8. The first-order chi connectivity index (χ1) is 9.62. The molecule has 1 unspecified atom stereocenters. The summed E-state index contributed by atoms with van der Waals surface area (Å²) in [5.74, 6) is -0.743. The van der Waals surface area contributed by atoms with Crippen LogP contribution < -0.4 is 5.32 Å². The predicted molar refractivity (Wildman–Crippen MR) is 74.3 cm³/mol. The van der Waals surface area contributed by atoms with Gasteiger partial charge in [-0.3, -0.25) is 0 Å². The molecule has 0 radical (unpaired) electrons. The number of nitrogens with zero attached hydrogens (tertiary/aromatic N) is 1. The molecule has 1 N–H and O–H groups in total. The number of methoxy groups -OCH3 is 1. The van der Waals surface area contributed by atoms with Crippen molar-refractivity contribution in [2.75, 3.05) is 13.6 Å². The van der Waals surface area contributed by atoms with E-state index in [-0.39, 0.29) is 18.5 Å². The van der Waals surface area contributed by atoms with E-state index < -0.39 is 5.92 Å². The summed E-state index contributed by atoms with van der Waals surface area (Å²) in [6.07, 6.45) is 0.641. The van der Waals surface area contributed by atoms with Crippen LogP contribution in [-0.2, 0) is 20.7 Å². The Morgan fingerprint density at radius 3 is 2.90 bits per heavy atom. The van der Waals surface area contributed by atoms with Crippen molar-refractivity contribution in [3.8, 4) is 6.07 Å². The van der Waals surface area contributed by atoms with Gasteiger partial charge in [-0.2, -0.15) is 0 Å². The number of ether oxygens (including phenoxy) is 1. The molecule has 0 aliphatic rings. The fourth-order valence-corrected chi connectivity index (χ4v) is 2.01. The molecule has 0 spiro atoms. The number of rotatable bonds is 7. The molecule has 104 valence electrons. The number of hydrogen-bond donors (Lipinski definition) is 1. The van der Waals surface area contributed by atoms with Gasteiger partial charge in [0, 0.05) is 0 Å². The summed E-state index contributed by atoms with van der Waals surface area (Å²) < 4.78 is 15.2. The van der Waals surface area contributed by atoms with E-state index in [1.54, 1.807) is 18.2 Å². The van der Waals surface area contributed by atoms with Crippen LogP contribution in [0.1, 0.15) is 18.1 Å². The van der Waals surface area contributed by atoms with Crippen molar-refractivity contribution in [1.29, 1.82) is 5.26 Å². The molecule has 0 heterocycles. The standard InChI is InChI=1S/C14H17BN2O3/c1-10(17-9-15-19)13(14(18)20-2)7-11-4-3-5-12(6-11)8-16/h3-6,10,13,17H,7,9H2,1-2H3/t10?,13-/m1/s1. The average Bonchev–Trinajstić information content (AvgIpc) is 2.49. The Hall–Kier alpha value is -2.00. The van der Waals surface area contributed by atoms with Gasteiger partial charge in [-0.05, 0) is 0 Å². The molecule has 0 bridgehead atoms. The maximum atomic E-state index is 11.9. The third kappa shape index (κ3) is 4.59. The molecule has 0 fully saturated rings. The Labute approximate surface area is 119 Å². The molecule has 0 aliphatic heterocycles. The number of carbonyl (C=O) groups is 1. The normalized spacial score (nSPS) is 12.8. The van der Waals surface area contributed by atoms with E-state index in [0.717, 1.165) is 12.7 Å². The fourth-order valence-electron chi connectivity index (χ4n) is 2.01. The van der Waals surface area contributed by atoms with Crippen molar-refractivity contribution in [2.45, 2.75) is 19.4 Å². The zero-order valence-corrected chi connectivity index (χ0v) is 11.6. The fraction of sp³-hybridized carbons (Fsp3) is 0.429. The first kappa shape index (κ1) is 16.1. The molecule has 20 heavy (non-hydrogen) atoms. The molecule has 0 aromatic heterocycles. The zero-order valence-electron chi connectivity index (χ0n) is 11.6. The minimum absolute atomic E-state index is 0.187. The quantitative estimate of drug-likeness (QED) is 0.588. The summed E-state index contributed by atoms with van der Waals surface area (Å²) >= 11 is 0. The first-order valence-corrected chi connectivity index (χ1v) is 6.36. The van der Waals surface area contributed by atoms with Crippen molar-refractivity contribution in [3.05, 3.63) is 35.4 Å². The summed E-state index contributed by atoms with van der Waals surface area (Å²) in [7, 11) is 2.09. The van der Waals surface area contributed by atoms with Crippen LogP contribution in [-0.4, -0.2) is 32.7 Å². The van der Waals surface area contributed by atoms with Gasteiger partial charge in [-0.15, -0.1) is 0 Å². The van der Waals surface area contributed by atoms with Gasteiger partial charge in [0.1, 0.15) is 0 Å². The molecule has 5 nitrogen and oxygen atoms in total. The zero-order chi connectivity index (χ0) is 15.0. The van der Waals surface area contributed by atoms with Crippen molar-refractivity contribution in [2.24, 2.45) is 5.92 Å². The van der Waals surface area contributed by atoms with E-state index in [9.17, 15) is 9.50 Å². The van der Waals surface area contributed by atoms with Gasteiger partial charge in [0.15, 0.2) is 0 Å². The van der Waals surface area contributed by atoms with E-state index in [2.05, 4.69) is 11.4 Å². The number of nitrogens with one attached hydrogen (secondary N) is 1. The Morgan fingerprint density at radius 1 is 1.55 bits per heavy atom. The number of carbonyl (C=O) groups excluding carboxylic acids is 1. The summed E-state index contributed by atoms with van der Waals surface area (Å²) in [5.41, 5.74) is 1.44. The second kappa shape index (κ2) is 8.23. The maximum absolute atomic E-state index is 11.9. The van der Waals surface area contributed by atoms with Crippen LogP contribution in [0.2, 0.25) is 0 Å². The van der Waals surface area contributed by atoms with Crippen LogP contribution in [0.4, 0.5) is 0 Å². The van der Waals surface area contributed by atoms with Crippen molar-refractivity contribution < 1.29 is 14.2 Å². The molecular weight excluding hydrogens is 255 g/mol. The van der Waals surface area contributed by atoms with Gasteiger partial charge in [0.2, 0.25) is 0 Å². The summed E-state index contributed by atoms with van der Waals surface area (Å²) in [4.78, 5) is 11.9. The van der Waals surface area contributed by atoms with E-state index >= 15 is 0 Å². The molecule has 0 aliphatic carbocycles. The van der Waals surface area contributed by atoms with E-state index in [0.29, 0.717) is 12.0 Å². The third-order valence-electron chi connectivity index (χ3n) is 3.14. The van der Waals surface area contributed by atoms with Gasteiger partial charge in [-0.1, -0.05) is 0 Å². The Kier molecular flexibility index (Phi) is 6.61. The van der Waals surface area contributed by atoms with Gasteiger partial charge in [-0.25, -0.2) is 0 Å². The molecule has 1 aromatic rings. The summed E-state index contributed by atoms with van der Waals surface area (Å²) in [6, 6.07) is 8.99. The molecule has 2 atom stereocenters. The van der Waals surface area contributed by atoms with Gasteiger partial charge in [0.25, 0.3) is 0 Å². The van der Waals surface area contributed by atoms with Gasteiger partial charge < -0.3 is 0 Å². The predicted octanol–water partition coefficient (Wildman–Crippen LogP) is 0.875. The van der Waals surface area contributed by atoms with Crippen molar-refractivity contribution in [3.63, 3.8) is 0 Å². The van der Waals surface area contributed by atoms with Crippen LogP contribution in [0, 0.1) is 17.2 Å². The minimum atomic E-state index is -0.408. The number of hydrogen-bond acceptors (Lipinski definition) is 5. The first-order valence-electron chi connectivity index (χ1n) is 6.36. The van der Waals surface area contributed by atoms with Crippen LogP contribution in [0.3, 0.4) is 0 Å².